The molecule has 2 aliphatic heterocycles. The van der Waals surface area contributed by atoms with Crippen molar-refractivity contribution in [3.63, 3.8) is 0 Å². The van der Waals surface area contributed by atoms with Crippen molar-refractivity contribution in [1.29, 1.82) is 0 Å². The third-order valence-electron chi connectivity index (χ3n) is 3.41. The van der Waals surface area contributed by atoms with Crippen LogP contribution < -0.4 is 0 Å². The maximum absolute atomic E-state index is 12.0. The lowest BCUT2D eigenvalue weighted by molar-refractivity contribution is -0.138. The van der Waals surface area contributed by atoms with E-state index in [1.165, 1.54) is 12.8 Å². The Morgan fingerprint density at radius 3 is 2.73 bits per heavy atom. The molecule has 2 aliphatic rings. The number of hydrogen-bond acceptors (Lipinski definition) is 2. The van der Waals surface area contributed by atoms with E-state index in [2.05, 4.69) is 18.7 Å². The average Bonchev–Trinajstić information content (AvgIpc) is 2.48. The molecule has 2 fully saturated rings. The van der Waals surface area contributed by atoms with Crippen molar-refractivity contribution < 1.29 is 9.53 Å². The maximum atomic E-state index is 12.0. The molecule has 2 rings (SSSR count). The number of rotatable bonds is 3. The molecule has 3 heteroatoms. The molecule has 0 aromatic carbocycles. The summed E-state index contributed by atoms with van der Waals surface area (Å²) in [6, 6.07) is 0.477. The number of hydrogen-bond donors (Lipinski definition) is 0. The molecular weight excluding hydrogens is 190 g/mol. The highest BCUT2D eigenvalue weighted by Gasteiger charge is 2.37. The van der Waals surface area contributed by atoms with Gasteiger partial charge in [-0.25, -0.2) is 0 Å². The van der Waals surface area contributed by atoms with Crippen LogP contribution in [-0.2, 0) is 9.53 Å². The second kappa shape index (κ2) is 4.52. The zero-order valence-corrected chi connectivity index (χ0v) is 9.74. The van der Waals surface area contributed by atoms with Crippen molar-refractivity contribution in [3.05, 3.63) is 0 Å². The number of carbonyl (C=O) groups is 1. The predicted octanol–water partition coefficient (Wildman–Crippen LogP) is 1.67. The molecule has 0 aromatic rings. The summed E-state index contributed by atoms with van der Waals surface area (Å²) >= 11 is 0. The summed E-state index contributed by atoms with van der Waals surface area (Å²) in [6.07, 6.45) is 3.05. The van der Waals surface area contributed by atoms with Crippen molar-refractivity contribution in [2.75, 3.05) is 19.8 Å². The highest BCUT2D eigenvalue weighted by molar-refractivity contribution is 5.77. The Kier molecular flexibility index (Phi) is 3.29. The molecule has 0 N–H and O–H groups in total. The summed E-state index contributed by atoms with van der Waals surface area (Å²) in [6.45, 7) is 6.89. The van der Waals surface area contributed by atoms with Crippen LogP contribution in [0.1, 0.15) is 33.1 Å². The van der Waals surface area contributed by atoms with Gasteiger partial charge in [0, 0.05) is 24.9 Å². The first kappa shape index (κ1) is 10.9. The van der Waals surface area contributed by atoms with Crippen molar-refractivity contribution in [1.82, 2.24) is 4.90 Å². The molecule has 0 spiro atoms. The summed E-state index contributed by atoms with van der Waals surface area (Å²) in [4.78, 5) is 14.1. The van der Waals surface area contributed by atoms with Gasteiger partial charge in [0.15, 0.2) is 0 Å². The maximum Gasteiger partial charge on any atom is 0.223 e. The third-order valence-corrected chi connectivity index (χ3v) is 3.41. The Bertz CT molecular complexity index is 236. The lowest BCUT2D eigenvalue weighted by Gasteiger charge is -2.37. The van der Waals surface area contributed by atoms with Gasteiger partial charge in [-0.2, -0.15) is 0 Å². The van der Waals surface area contributed by atoms with Crippen LogP contribution in [0.2, 0.25) is 0 Å². The summed E-state index contributed by atoms with van der Waals surface area (Å²) < 4.78 is 5.22. The minimum absolute atomic E-state index is 0.347. The fourth-order valence-corrected chi connectivity index (χ4v) is 2.53. The summed E-state index contributed by atoms with van der Waals surface area (Å²) in [5.41, 5.74) is 0. The Morgan fingerprint density at radius 2 is 2.20 bits per heavy atom. The highest BCUT2D eigenvalue weighted by atomic mass is 16.5. The van der Waals surface area contributed by atoms with E-state index in [0.717, 1.165) is 19.8 Å². The fourth-order valence-electron chi connectivity index (χ4n) is 2.53. The molecule has 0 saturated carbocycles. The van der Waals surface area contributed by atoms with Gasteiger partial charge in [0.1, 0.15) is 0 Å². The van der Waals surface area contributed by atoms with E-state index in [1.54, 1.807) is 0 Å². The Morgan fingerprint density at radius 1 is 1.47 bits per heavy atom. The molecule has 0 aromatic heterocycles. The molecule has 0 aliphatic carbocycles. The lowest BCUT2D eigenvalue weighted by atomic mass is 9.95. The summed E-state index contributed by atoms with van der Waals surface area (Å²) in [7, 11) is 0. The molecule has 2 heterocycles. The van der Waals surface area contributed by atoms with Crippen LogP contribution in [0, 0.1) is 11.8 Å². The molecular formula is C12H21NO2. The standard InChI is InChI=1S/C12H21NO2/c1-9(2)6-12(14)13-5-3-4-11(13)10-7-15-8-10/h9-11H,3-8H2,1-2H3. The quantitative estimate of drug-likeness (QED) is 0.710. The van der Waals surface area contributed by atoms with Gasteiger partial charge in [0.05, 0.1) is 13.2 Å². The Balaban J connectivity index is 1.91. The first-order valence-electron chi connectivity index (χ1n) is 6.05. The minimum Gasteiger partial charge on any atom is -0.381 e. The van der Waals surface area contributed by atoms with Crippen LogP contribution in [0.3, 0.4) is 0 Å². The van der Waals surface area contributed by atoms with Gasteiger partial charge in [-0.1, -0.05) is 13.8 Å². The smallest absolute Gasteiger partial charge is 0.223 e. The predicted molar refractivity (Wildman–Crippen MR) is 58.5 cm³/mol. The number of likely N-dealkylation sites (tertiary alicyclic amines) is 1. The second-order valence-electron chi connectivity index (χ2n) is 5.19. The SMILES string of the molecule is CC(C)CC(=O)N1CCCC1C1COC1. The van der Waals surface area contributed by atoms with Gasteiger partial charge in [0.2, 0.25) is 5.91 Å². The van der Waals surface area contributed by atoms with E-state index < -0.39 is 0 Å². The summed E-state index contributed by atoms with van der Waals surface area (Å²) in [5, 5.41) is 0. The first-order valence-corrected chi connectivity index (χ1v) is 6.05. The molecule has 3 nitrogen and oxygen atoms in total. The topological polar surface area (TPSA) is 29.5 Å². The van der Waals surface area contributed by atoms with Crippen LogP contribution in [0.5, 0.6) is 0 Å². The van der Waals surface area contributed by atoms with Crippen LogP contribution in [0.4, 0.5) is 0 Å². The van der Waals surface area contributed by atoms with Crippen LogP contribution >= 0.6 is 0 Å². The van der Waals surface area contributed by atoms with Crippen LogP contribution in [0.15, 0.2) is 0 Å². The van der Waals surface area contributed by atoms with Crippen LogP contribution in [0.25, 0.3) is 0 Å². The molecule has 2 saturated heterocycles. The molecule has 1 unspecified atom stereocenters. The van der Waals surface area contributed by atoms with Gasteiger partial charge in [0.25, 0.3) is 0 Å². The van der Waals surface area contributed by atoms with Crippen molar-refractivity contribution >= 4 is 5.91 Å². The van der Waals surface area contributed by atoms with Gasteiger partial charge in [-0.05, 0) is 18.8 Å². The van der Waals surface area contributed by atoms with E-state index in [4.69, 9.17) is 4.74 Å². The van der Waals surface area contributed by atoms with Gasteiger partial charge in [-0.3, -0.25) is 4.79 Å². The molecule has 15 heavy (non-hydrogen) atoms. The van der Waals surface area contributed by atoms with E-state index >= 15 is 0 Å². The minimum atomic E-state index is 0.347. The molecule has 0 radical (unpaired) electrons. The van der Waals surface area contributed by atoms with Crippen molar-refractivity contribution in [2.45, 2.75) is 39.2 Å². The monoisotopic (exact) mass is 211 g/mol. The Hall–Kier alpha value is -0.570. The van der Waals surface area contributed by atoms with Crippen molar-refractivity contribution in [3.8, 4) is 0 Å². The highest BCUT2D eigenvalue weighted by Crippen LogP contribution is 2.29. The van der Waals surface area contributed by atoms with Gasteiger partial charge >= 0.3 is 0 Å². The van der Waals surface area contributed by atoms with E-state index in [1.807, 2.05) is 0 Å². The second-order valence-corrected chi connectivity index (χ2v) is 5.19. The fraction of sp³-hybridized carbons (Fsp3) is 0.917. The number of ether oxygens (including phenoxy) is 1. The normalized spacial score (nSPS) is 27.1. The number of carbonyl (C=O) groups excluding carboxylic acids is 1. The van der Waals surface area contributed by atoms with E-state index in [9.17, 15) is 4.79 Å². The zero-order chi connectivity index (χ0) is 10.8. The third kappa shape index (κ3) is 2.33. The number of amides is 1. The molecule has 0 bridgehead atoms. The largest absolute Gasteiger partial charge is 0.381 e. The lowest BCUT2D eigenvalue weighted by Crippen LogP contribution is -2.47. The average molecular weight is 211 g/mol. The van der Waals surface area contributed by atoms with Crippen LogP contribution in [-0.4, -0.2) is 36.6 Å². The zero-order valence-electron chi connectivity index (χ0n) is 9.74. The Labute approximate surface area is 91.8 Å². The molecule has 86 valence electrons. The van der Waals surface area contributed by atoms with Gasteiger partial charge in [-0.15, -0.1) is 0 Å². The molecule has 1 amide bonds. The van der Waals surface area contributed by atoms with E-state index in [-0.39, 0.29) is 0 Å². The van der Waals surface area contributed by atoms with Gasteiger partial charge < -0.3 is 9.64 Å². The number of nitrogens with zero attached hydrogens (tertiary/aromatic N) is 1. The summed E-state index contributed by atoms with van der Waals surface area (Å²) in [5.74, 6) is 1.43. The van der Waals surface area contributed by atoms with E-state index in [0.29, 0.717) is 30.2 Å². The molecule has 1 atom stereocenters. The van der Waals surface area contributed by atoms with Crippen molar-refractivity contribution in [2.24, 2.45) is 11.8 Å². The first-order chi connectivity index (χ1) is 7.18.